The molecule has 0 radical (unpaired) electrons. The largest absolute Gasteiger partial charge is 0.497 e. The number of carbonyl (C=O) groups excluding carboxylic acids is 1. The lowest BCUT2D eigenvalue weighted by atomic mass is 10.1. The molecule has 0 bridgehead atoms. The minimum Gasteiger partial charge on any atom is -0.497 e. The first kappa shape index (κ1) is 19.1. The molecule has 9 nitrogen and oxygen atoms in total. The van der Waals surface area contributed by atoms with Gasteiger partial charge in [-0.3, -0.25) is 9.69 Å². The molecule has 3 aromatic rings. The average Bonchev–Trinajstić information content (AvgIpc) is 3.22. The molecule has 29 heavy (non-hydrogen) atoms. The molecule has 0 atom stereocenters. The van der Waals surface area contributed by atoms with E-state index in [0.29, 0.717) is 12.3 Å². The number of methoxy groups -OCH3 is 1. The van der Waals surface area contributed by atoms with Gasteiger partial charge in [0.25, 0.3) is 5.78 Å². The monoisotopic (exact) mass is 395 g/mol. The lowest BCUT2D eigenvalue weighted by Gasteiger charge is -2.36. The Hall–Kier alpha value is -3.20. The van der Waals surface area contributed by atoms with Crippen molar-refractivity contribution in [2.24, 2.45) is 0 Å². The Morgan fingerprint density at radius 1 is 1.10 bits per heavy atom. The van der Waals surface area contributed by atoms with Gasteiger partial charge in [0.1, 0.15) is 17.9 Å². The van der Waals surface area contributed by atoms with E-state index in [4.69, 9.17) is 4.74 Å². The summed E-state index contributed by atoms with van der Waals surface area (Å²) in [6, 6.07) is 7.92. The van der Waals surface area contributed by atoms with Crippen molar-refractivity contribution in [3.05, 3.63) is 36.8 Å². The van der Waals surface area contributed by atoms with Crippen LogP contribution in [0.5, 0.6) is 5.75 Å². The fourth-order valence-corrected chi connectivity index (χ4v) is 3.50. The highest BCUT2D eigenvalue weighted by molar-refractivity contribution is 5.78. The summed E-state index contributed by atoms with van der Waals surface area (Å²) in [6.45, 7) is 3.65. The highest BCUT2D eigenvalue weighted by Gasteiger charge is 2.24. The molecule has 1 aromatic carbocycles. The van der Waals surface area contributed by atoms with Crippen molar-refractivity contribution < 1.29 is 9.53 Å². The number of nitrogens with zero attached hydrogens (tertiary/aromatic N) is 7. The van der Waals surface area contributed by atoms with Gasteiger partial charge in [-0.2, -0.15) is 14.6 Å². The predicted octanol–water partition coefficient (Wildman–Crippen LogP) is 1.01. The third-order valence-electron chi connectivity index (χ3n) is 5.21. The summed E-state index contributed by atoms with van der Waals surface area (Å²) in [4.78, 5) is 26.8. The molecular weight excluding hydrogens is 370 g/mol. The van der Waals surface area contributed by atoms with E-state index < -0.39 is 0 Å². The SMILES string of the molecule is COc1ccc(-c2cnc3ncnn3c2N2CCN(CC(=O)N(C)C)CC2)cc1. The van der Waals surface area contributed by atoms with Crippen LogP contribution in [0.2, 0.25) is 0 Å². The highest BCUT2D eigenvalue weighted by atomic mass is 16.5. The molecule has 0 N–H and O–H groups in total. The van der Waals surface area contributed by atoms with Crippen molar-refractivity contribution in [1.82, 2.24) is 29.4 Å². The van der Waals surface area contributed by atoms with Crippen molar-refractivity contribution in [1.29, 1.82) is 0 Å². The van der Waals surface area contributed by atoms with Gasteiger partial charge in [-0.1, -0.05) is 12.1 Å². The third kappa shape index (κ3) is 3.86. The summed E-state index contributed by atoms with van der Waals surface area (Å²) in [5.74, 6) is 2.47. The number of hydrogen-bond acceptors (Lipinski definition) is 7. The van der Waals surface area contributed by atoms with Crippen LogP contribution in [-0.2, 0) is 4.79 Å². The Labute approximate surface area is 169 Å². The summed E-state index contributed by atoms with van der Waals surface area (Å²) >= 11 is 0. The number of ether oxygens (including phenoxy) is 1. The van der Waals surface area contributed by atoms with E-state index in [2.05, 4.69) is 24.9 Å². The fraction of sp³-hybridized carbons (Fsp3) is 0.400. The Morgan fingerprint density at radius 2 is 1.83 bits per heavy atom. The van der Waals surface area contributed by atoms with Crippen molar-refractivity contribution in [2.45, 2.75) is 0 Å². The van der Waals surface area contributed by atoms with Gasteiger partial charge in [0.05, 0.1) is 13.7 Å². The number of hydrogen-bond donors (Lipinski definition) is 0. The molecule has 3 heterocycles. The Morgan fingerprint density at radius 3 is 2.48 bits per heavy atom. The Balaban J connectivity index is 1.62. The third-order valence-corrected chi connectivity index (χ3v) is 5.21. The molecule has 1 amide bonds. The zero-order valence-electron chi connectivity index (χ0n) is 16.9. The van der Waals surface area contributed by atoms with Gasteiger partial charge in [-0.15, -0.1) is 0 Å². The van der Waals surface area contributed by atoms with Gasteiger partial charge >= 0.3 is 0 Å². The van der Waals surface area contributed by atoms with Gasteiger partial charge in [0.2, 0.25) is 5.91 Å². The first-order valence-corrected chi connectivity index (χ1v) is 9.57. The van der Waals surface area contributed by atoms with E-state index in [-0.39, 0.29) is 5.91 Å². The molecule has 152 valence electrons. The van der Waals surface area contributed by atoms with Crippen LogP contribution in [0.1, 0.15) is 0 Å². The molecule has 0 unspecified atom stereocenters. The molecule has 0 spiro atoms. The van der Waals surface area contributed by atoms with E-state index in [1.54, 1.807) is 30.6 Å². The fourth-order valence-electron chi connectivity index (χ4n) is 3.50. The van der Waals surface area contributed by atoms with Crippen molar-refractivity contribution in [2.75, 3.05) is 58.8 Å². The second-order valence-corrected chi connectivity index (χ2v) is 7.25. The second-order valence-electron chi connectivity index (χ2n) is 7.25. The normalized spacial score (nSPS) is 14.9. The number of piperazine rings is 1. The van der Waals surface area contributed by atoms with Crippen molar-refractivity contribution in [3.63, 3.8) is 0 Å². The Bertz CT molecular complexity index is 992. The van der Waals surface area contributed by atoms with Gasteiger partial charge in [0, 0.05) is 52.0 Å². The standard InChI is InChI=1S/C20H25N7O2/c1-24(2)18(28)13-25-8-10-26(11-9-25)19-17(12-21-20-22-14-23-27(19)20)15-4-6-16(29-3)7-5-15/h4-7,12,14H,8-11,13H2,1-3H3. The maximum absolute atomic E-state index is 12.0. The number of carbonyl (C=O) groups is 1. The summed E-state index contributed by atoms with van der Waals surface area (Å²) in [7, 11) is 5.24. The number of anilines is 1. The molecular formula is C20H25N7O2. The van der Waals surface area contributed by atoms with Crippen LogP contribution in [0, 0.1) is 0 Å². The van der Waals surface area contributed by atoms with Crippen molar-refractivity contribution in [3.8, 4) is 16.9 Å². The van der Waals surface area contributed by atoms with Crippen molar-refractivity contribution >= 4 is 17.5 Å². The quantitative estimate of drug-likeness (QED) is 0.638. The molecule has 2 aromatic heterocycles. The predicted molar refractivity (Wildman–Crippen MR) is 110 cm³/mol. The Kier molecular flexibility index (Phi) is 5.30. The molecule has 1 fully saturated rings. The summed E-state index contributed by atoms with van der Waals surface area (Å²) < 4.78 is 7.07. The minimum absolute atomic E-state index is 0.125. The number of rotatable bonds is 5. The smallest absolute Gasteiger partial charge is 0.254 e. The minimum atomic E-state index is 0.125. The lowest BCUT2D eigenvalue weighted by molar-refractivity contribution is -0.129. The van der Waals surface area contributed by atoms with Crippen LogP contribution in [0.4, 0.5) is 5.82 Å². The molecule has 1 aliphatic rings. The first-order valence-electron chi connectivity index (χ1n) is 9.57. The summed E-state index contributed by atoms with van der Waals surface area (Å²) in [5.41, 5.74) is 2.03. The van der Waals surface area contributed by atoms with Crippen LogP contribution in [0.3, 0.4) is 0 Å². The number of fused-ring (bicyclic) bond motifs is 1. The van der Waals surface area contributed by atoms with Gasteiger partial charge < -0.3 is 14.5 Å². The molecule has 1 saturated heterocycles. The number of benzene rings is 1. The zero-order valence-corrected chi connectivity index (χ0v) is 16.9. The second kappa shape index (κ2) is 8.04. The molecule has 4 rings (SSSR count). The lowest BCUT2D eigenvalue weighted by Crippen LogP contribution is -2.50. The zero-order chi connectivity index (χ0) is 20.4. The average molecular weight is 395 g/mol. The van der Waals surface area contributed by atoms with Crippen LogP contribution < -0.4 is 9.64 Å². The highest BCUT2D eigenvalue weighted by Crippen LogP contribution is 2.32. The number of aromatic nitrogens is 4. The van der Waals surface area contributed by atoms with Gasteiger partial charge in [-0.05, 0) is 17.7 Å². The van der Waals surface area contributed by atoms with E-state index in [1.165, 1.54) is 6.33 Å². The topological polar surface area (TPSA) is 79.1 Å². The molecule has 1 aliphatic heterocycles. The summed E-state index contributed by atoms with van der Waals surface area (Å²) in [5, 5.41) is 4.41. The van der Waals surface area contributed by atoms with Crippen LogP contribution in [0.25, 0.3) is 16.9 Å². The van der Waals surface area contributed by atoms with Crippen LogP contribution >= 0.6 is 0 Å². The van der Waals surface area contributed by atoms with E-state index in [0.717, 1.165) is 48.9 Å². The molecule has 9 heteroatoms. The first-order chi connectivity index (χ1) is 14.1. The van der Waals surface area contributed by atoms with E-state index >= 15 is 0 Å². The molecule has 0 saturated carbocycles. The molecule has 0 aliphatic carbocycles. The maximum atomic E-state index is 12.0. The van der Waals surface area contributed by atoms with E-state index in [1.807, 2.05) is 30.5 Å². The maximum Gasteiger partial charge on any atom is 0.254 e. The van der Waals surface area contributed by atoms with E-state index in [9.17, 15) is 4.79 Å². The van der Waals surface area contributed by atoms with Gasteiger partial charge in [0.15, 0.2) is 0 Å². The number of amides is 1. The summed E-state index contributed by atoms with van der Waals surface area (Å²) in [6.07, 6.45) is 3.37. The van der Waals surface area contributed by atoms with Gasteiger partial charge in [-0.25, -0.2) is 4.98 Å². The van der Waals surface area contributed by atoms with Crippen LogP contribution in [-0.4, -0.2) is 89.2 Å². The van der Waals surface area contributed by atoms with Crippen LogP contribution in [0.15, 0.2) is 36.8 Å². The number of likely N-dealkylation sites (N-methyl/N-ethyl adjacent to an activating group) is 1.